The predicted octanol–water partition coefficient (Wildman–Crippen LogP) is 4.35. The van der Waals surface area contributed by atoms with Gasteiger partial charge in [-0.1, -0.05) is 48.0 Å². The number of carbonyl (C=O) groups excluding carboxylic acids is 1. The molecule has 4 heteroatoms. The van der Waals surface area contributed by atoms with Crippen molar-refractivity contribution in [2.24, 2.45) is 5.41 Å². The molecule has 0 aromatic heterocycles. The Balaban J connectivity index is 2.81. The van der Waals surface area contributed by atoms with E-state index in [1.54, 1.807) is 17.1 Å². The second-order valence-electron chi connectivity index (χ2n) is 6.03. The van der Waals surface area contributed by atoms with Crippen LogP contribution in [0.25, 0.3) is 0 Å². The number of benzene rings is 1. The number of anilines is 1. The van der Waals surface area contributed by atoms with Crippen molar-refractivity contribution in [2.45, 2.75) is 25.7 Å². The van der Waals surface area contributed by atoms with Crippen LogP contribution in [0.1, 0.15) is 25.8 Å². The minimum absolute atomic E-state index is 0.0630. The molecule has 1 heterocycles. The lowest BCUT2D eigenvalue weighted by atomic mass is 9.60. The van der Waals surface area contributed by atoms with E-state index in [1.165, 1.54) is 0 Å². The van der Waals surface area contributed by atoms with Crippen molar-refractivity contribution in [3.63, 3.8) is 0 Å². The van der Waals surface area contributed by atoms with Crippen LogP contribution in [0.15, 0.2) is 48.0 Å². The SMILES string of the molecule is C=CCN1C(=O)[C@@](CC#N)(C(C)(C)C=C)c2ccc(Br)cc21. The summed E-state index contributed by atoms with van der Waals surface area (Å²) in [5, 5.41) is 9.38. The molecule has 114 valence electrons. The molecule has 1 amide bonds. The number of nitriles is 1. The first kappa shape index (κ1) is 16.5. The van der Waals surface area contributed by atoms with Crippen LogP contribution in [0.5, 0.6) is 0 Å². The van der Waals surface area contributed by atoms with E-state index >= 15 is 0 Å². The Bertz CT molecular complexity index is 687. The first-order valence-electron chi connectivity index (χ1n) is 7.09. The zero-order valence-corrected chi connectivity index (χ0v) is 14.5. The maximum atomic E-state index is 13.2. The third-order valence-electron chi connectivity index (χ3n) is 4.59. The highest BCUT2D eigenvalue weighted by Crippen LogP contribution is 2.54. The molecule has 0 fully saturated rings. The van der Waals surface area contributed by atoms with Crippen LogP contribution in [0.4, 0.5) is 5.69 Å². The predicted molar refractivity (Wildman–Crippen MR) is 92.6 cm³/mol. The molecule has 1 aliphatic heterocycles. The molecule has 0 saturated carbocycles. The first-order valence-corrected chi connectivity index (χ1v) is 7.88. The van der Waals surface area contributed by atoms with E-state index in [1.807, 2.05) is 32.0 Å². The van der Waals surface area contributed by atoms with Gasteiger partial charge in [0.15, 0.2) is 0 Å². The van der Waals surface area contributed by atoms with Crippen molar-refractivity contribution in [2.75, 3.05) is 11.4 Å². The van der Waals surface area contributed by atoms with Gasteiger partial charge in [-0.2, -0.15) is 5.26 Å². The summed E-state index contributed by atoms with van der Waals surface area (Å²) < 4.78 is 0.900. The summed E-state index contributed by atoms with van der Waals surface area (Å²) in [4.78, 5) is 14.9. The number of fused-ring (bicyclic) bond motifs is 1. The van der Waals surface area contributed by atoms with Crippen molar-refractivity contribution < 1.29 is 4.79 Å². The highest BCUT2D eigenvalue weighted by Gasteiger charge is 2.58. The number of amides is 1. The van der Waals surface area contributed by atoms with E-state index in [9.17, 15) is 10.1 Å². The minimum Gasteiger partial charge on any atom is -0.307 e. The first-order chi connectivity index (χ1) is 10.4. The van der Waals surface area contributed by atoms with Gasteiger partial charge in [0, 0.05) is 22.1 Å². The van der Waals surface area contributed by atoms with Gasteiger partial charge in [-0.3, -0.25) is 4.79 Å². The Morgan fingerprint density at radius 3 is 2.68 bits per heavy atom. The molecule has 0 unspecified atom stereocenters. The number of hydrogen-bond donors (Lipinski definition) is 0. The number of hydrogen-bond acceptors (Lipinski definition) is 2. The molecule has 1 aromatic carbocycles. The van der Waals surface area contributed by atoms with Crippen LogP contribution in [0.2, 0.25) is 0 Å². The largest absolute Gasteiger partial charge is 0.307 e. The average molecular weight is 359 g/mol. The molecular formula is C18H19BrN2O. The normalized spacial score (nSPS) is 20.5. The monoisotopic (exact) mass is 358 g/mol. The van der Waals surface area contributed by atoms with Gasteiger partial charge in [0.25, 0.3) is 0 Å². The van der Waals surface area contributed by atoms with Crippen molar-refractivity contribution in [1.82, 2.24) is 0 Å². The number of halogens is 1. The van der Waals surface area contributed by atoms with Crippen LogP contribution in [-0.4, -0.2) is 12.5 Å². The topological polar surface area (TPSA) is 44.1 Å². The van der Waals surface area contributed by atoms with Gasteiger partial charge in [-0.15, -0.1) is 13.2 Å². The molecule has 0 N–H and O–H groups in total. The number of rotatable bonds is 5. The van der Waals surface area contributed by atoms with Crippen molar-refractivity contribution in [1.29, 1.82) is 5.26 Å². The van der Waals surface area contributed by atoms with E-state index in [2.05, 4.69) is 35.2 Å². The lowest BCUT2D eigenvalue weighted by molar-refractivity contribution is -0.126. The van der Waals surface area contributed by atoms with Crippen LogP contribution >= 0.6 is 15.9 Å². The summed E-state index contributed by atoms with van der Waals surface area (Å²) >= 11 is 3.46. The molecule has 1 aromatic rings. The molecule has 1 aliphatic rings. The molecule has 22 heavy (non-hydrogen) atoms. The van der Waals surface area contributed by atoms with Crippen LogP contribution in [-0.2, 0) is 10.2 Å². The molecule has 0 bridgehead atoms. The number of nitrogens with zero attached hydrogens (tertiary/aromatic N) is 2. The maximum absolute atomic E-state index is 13.2. The third kappa shape index (κ3) is 2.12. The van der Waals surface area contributed by atoms with Gasteiger partial charge in [-0.25, -0.2) is 0 Å². The fourth-order valence-corrected chi connectivity index (χ4v) is 3.52. The standard InChI is InChI=1S/C18H19BrN2O/c1-5-11-21-15-12-13(19)7-8-14(15)18(9-10-20,16(21)22)17(3,4)6-2/h5-8,12H,1-2,9,11H2,3-4H3/t18-/m0/s1. The van der Waals surface area contributed by atoms with Crippen LogP contribution < -0.4 is 4.90 Å². The molecule has 1 atom stereocenters. The summed E-state index contributed by atoms with van der Waals surface area (Å²) in [5.41, 5.74) is 0.263. The van der Waals surface area contributed by atoms with Gasteiger partial charge < -0.3 is 4.90 Å². The summed E-state index contributed by atoms with van der Waals surface area (Å²) in [5.74, 6) is -0.0630. The highest BCUT2D eigenvalue weighted by molar-refractivity contribution is 9.10. The Morgan fingerprint density at radius 1 is 1.45 bits per heavy atom. The van der Waals surface area contributed by atoms with E-state index in [4.69, 9.17) is 0 Å². The Labute approximate surface area is 140 Å². The highest BCUT2D eigenvalue weighted by atomic mass is 79.9. The van der Waals surface area contributed by atoms with Crippen LogP contribution in [0.3, 0.4) is 0 Å². The molecule has 3 nitrogen and oxygen atoms in total. The maximum Gasteiger partial charge on any atom is 0.239 e. The van der Waals surface area contributed by atoms with Crippen LogP contribution in [0, 0.1) is 16.7 Å². The van der Waals surface area contributed by atoms with Crippen molar-refractivity contribution in [3.8, 4) is 6.07 Å². The van der Waals surface area contributed by atoms with Gasteiger partial charge in [-0.05, 0) is 17.7 Å². The summed E-state index contributed by atoms with van der Waals surface area (Å²) in [6.07, 6.45) is 3.59. The Morgan fingerprint density at radius 2 is 2.14 bits per heavy atom. The summed E-state index contributed by atoms with van der Waals surface area (Å²) in [6, 6.07) is 7.98. The van der Waals surface area contributed by atoms with Gasteiger partial charge in [0.05, 0.1) is 17.9 Å². The summed E-state index contributed by atoms with van der Waals surface area (Å²) in [7, 11) is 0. The smallest absolute Gasteiger partial charge is 0.239 e. The van der Waals surface area contributed by atoms with E-state index in [-0.39, 0.29) is 12.3 Å². The molecule has 0 saturated heterocycles. The van der Waals surface area contributed by atoms with Gasteiger partial charge >= 0.3 is 0 Å². The molecule has 0 spiro atoms. The van der Waals surface area contributed by atoms with Gasteiger partial charge in [0.1, 0.15) is 0 Å². The lowest BCUT2D eigenvalue weighted by Crippen LogP contribution is -2.49. The van der Waals surface area contributed by atoms with E-state index in [0.29, 0.717) is 6.54 Å². The minimum atomic E-state index is -0.914. The quantitative estimate of drug-likeness (QED) is 0.734. The average Bonchev–Trinajstić information content (AvgIpc) is 2.71. The third-order valence-corrected chi connectivity index (χ3v) is 5.08. The molecule has 2 rings (SSSR count). The van der Waals surface area contributed by atoms with Crippen molar-refractivity contribution >= 4 is 27.5 Å². The second-order valence-corrected chi connectivity index (χ2v) is 6.95. The lowest BCUT2D eigenvalue weighted by Gasteiger charge is -2.39. The van der Waals surface area contributed by atoms with Gasteiger partial charge in [0.2, 0.25) is 5.91 Å². The van der Waals surface area contributed by atoms with E-state index in [0.717, 1.165) is 15.7 Å². The number of allylic oxidation sites excluding steroid dienone is 1. The fraction of sp³-hybridized carbons (Fsp3) is 0.333. The van der Waals surface area contributed by atoms with E-state index < -0.39 is 10.8 Å². The van der Waals surface area contributed by atoms with Crippen molar-refractivity contribution in [3.05, 3.63) is 53.5 Å². The molecule has 0 radical (unpaired) electrons. The molecule has 0 aliphatic carbocycles. The zero-order chi connectivity index (χ0) is 16.5. The summed E-state index contributed by atoms with van der Waals surface area (Å²) in [6.45, 7) is 12.0. The zero-order valence-electron chi connectivity index (χ0n) is 12.9. The Hall–Kier alpha value is -1.86. The number of carbonyl (C=O) groups is 1. The second kappa shape index (κ2) is 5.73. The Kier molecular flexibility index (Phi) is 4.30. The molecular weight excluding hydrogens is 340 g/mol. The fourth-order valence-electron chi connectivity index (χ4n) is 3.17.